The predicted octanol–water partition coefficient (Wildman–Crippen LogP) is 4.55. The molecule has 1 N–H and O–H groups in total. The molecule has 0 bridgehead atoms. The van der Waals surface area contributed by atoms with Crippen molar-refractivity contribution in [1.29, 1.82) is 5.41 Å². The fourth-order valence-corrected chi connectivity index (χ4v) is 4.15. The molecule has 3 heteroatoms. The van der Waals surface area contributed by atoms with E-state index >= 15 is 0 Å². The zero-order chi connectivity index (χ0) is 16.4. The van der Waals surface area contributed by atoms with Crippen LogP contribution >= 0.6 is 0 Å². The number of nitrogens with one attached hydrogen (secondary N) is 1. The molecule has 2 aliphatic heterocycles. The molecule has 0 radical (unpaired) electrons. The third-order valence-electron chi connectivity index (χ3n) is 5.37. The fraction of sp³-hybridized carbons (Fsp3) is 0.381. The van der Waals surface area contributed by atoms with E-state index in [0.717, 1.165) is 19.3 Å². The quantitative estimate of drug-likeness (QED) is 0.897. The number of benzene rings is 2. The van der Waals surface area contributed by atoms with Crippen LogP contribution in [0.2, 0.25) is 0 Å². The van der Waals surface area contributed by atoms with Gasteiger partial charge in [0.25, 0.3) is 6.02 Å². The lowest BCUT2D eigenvalue weighted by Crippen LogP contribution is -2.47. The largest absolute Gasteiger partial charge is 0.457 e. The van der Waals surface area contributed by atoms with E-state index in [0.29, 0.717) is 18.1 Å². The zero-order valence-electron chi connectivity index (χ0n) is 13.9. The van der Waals surface area contributed by atoms with Gasteiger partial charge in [0.1, 0.15) is 6.10 Å². The molecule has 3 atom stereocenters. The van der Waals surface area contributed by atoms with Crippen LogP contribution in [0.25, 0.3) is 0 Å². The normalized spacial score (nSPS) is 26.1. The van der Waals surface area contributed by atoms with E-state index in [1.54, 1.807) is 0 Å². The highest BCUT2D eigenvalue weighted by molar-refractivity contribution is 5.72. The first kappa shape index (κ1) is 15.3. The second-order valence-corrected chi connectivity index (χ2v) is 6.87. The van der Waals surface area contributed by atoms with Gasteiger partial charge in [-0.3, -0.25) is 5.41 Å². The molecule has 0 spiro atoms. The average Bonchev–Trinajstić information content (AvgIpc) is 3.05. The van der Waals surface area contributed by atoms with Gasteiger partial charge in [0.2, 0.25) is 0 Å². The van der Waals surface area contributed by atoms with Crippen LogP contribution < -0.4 is 0 Å². The van der Waals surface area contributed by atoms with Crippen LogP contribution in [0.15, 0.2) is 60.7 Å². The van der Waals surface area contributed by atoms with Crippen molar-refractivity contribution >= 4 is 6.02 Å². The van der Waals surface area contributed by atoms with Gasteiger partial charge in [0.15, 0.2) is 0 Å². The number of rotatable bonds is 4. The molecular weight excluding hydrogens is 296 g/mol. The summed E-state index contributed by atoms with van der Waals surface area (Å²) < 4.78 is 5.98. The molecule has 0 saturated carbocycles. The Balaban J connectivity index is 1.41. The first-order valence-corrected chi connectivity index (χ1v) is 8.93. The molecule has 0 unspecified atom stereocenters. The maximum absolute atomic E-state index is 8.41. The van der Waals surface area contributed by atoms with Gasteiger partial charge < -0.3 is 9.64 Å². The van der Waals surface area contributed by atoms with Gasteiger partial charge in [-0.1, -0.05) is 60.7 Å². The molecule has 24 heavy (non-hydrogen) atoms. The Kier molecular flexibility index (Phi) is 4.24. The molecule has 3 nitrogen and oxygen atoms in total. The van der Waals surface area contributed by atoms with Crippen LogP contribution in [0.3, 0.4) is 0 Å². The lowest BCUT2D eigenvalue weighted by molar-refractivity contribution is 0.0568. The van der Waals surface area contributed by atoms with Crippen molar-refractivity contribution in [3.8, 4) is 0 Å². The fourth-order valence-electron chi connectivity index (χ4n) is 4.15. The van der Waals surface area contributed by atoms with Gasteiger partial charge in [0.05, 0.1) is 0 Å². The summed E-state index contributed by atoms with van der Waals surface area (Å²) in [6.07, 6.45) is 5.55. The molecule has 2 heterocycles. The summed E-state index contributed by atoms with van der Waals surface area (Å²) in [4.78, 5) is 2.24. The maximum Gasteiger partial charge on any atom is 0.285 e. The molecule has 124 valence electrons. The van der Waals surface area contributed by atoms with E-state index in [2.05, 4.69) is 47.4 Å². The van der Waals surface area contributed by atoms with Crippen molar-refractivity contribution in [3.05, 3.63) is 71.8 Å². The standard InChI is InChI=1S/C21H24N2O/c22-21-23-18(12-11-16-7-3-1-4-8-16)13-14-19(23)15-20(24-21)17-9-5-2-6-10-17/h1-10,18-20,22H,11-15H2/t18-,19+,20-/m0/s1. The minimum Gasteiger partial charge on any atom is -0.457 e. The lowest BCUT2D eigenvalue weighted by atomic mass is 9.99. The minimum atomic E-state index is 0.0350. The third kappa shape index (κ3) is 3.03. The minimum absolute atomic E-state index is 0.0350. The van der Waals surface area contributed by atoms with Crippen molar-refractivity contribution in [2.45, 2.75) is 50.3 Å². The Morgan fingerprint density at radius 2 is 1.67 bits per heavy atom. The molecule has 2 aromatic carbocycles. The summed E-state index contributed by atoms with van der Waals surface area (Å²) >= 11 is 0. The number of hydrogen-bond acceptors (Lipinski definition) is 2. The molecule has 0 aliphatic carbocycles. The molecule has 0 amide bonds. The molecular formula is C21H24N2O. The first-order valence-electron chi connectivity index (χ1n) is 8.93. The molecule has 2 aliphatic rings. The van der Waals surface area contributed by atoms with Crippen molar-refractivity contribution in [2.24, 2.45) is 0 Å². The van der Waals surface area contributed by atoms with Crippen molar-refractivity contribution in [2.75, 3.05) is 0 Å². The Morgan fingerprint density at radius 3 is 2.42 bits per heavy atom. The Morgan fingerprint density at radius 1 is 0.958 bits per heavy atom. The maximum atomic E-state index is 8.41. The molecule has 0 aromatic heterocycles. The number of nitrogens with zero attached hydrogens (tertiary/aromatic N) is 1. The summed E-state index contributed by atoms with van der Waals surface area (Å²) in [6, 6.07) is 22.3. The van der Waals surface area contributed by atoms with Crippen LogP contribution in [0, 0.1) is 5.41 Å². The number of aryl methyl sites for hydroxylation is 1. The second-order valence-electron chi connectivity index (χ2n) is 6.87. The predicted molar refractivity (Wildman–Crippen MR) is 96.0 cm³/mol. The summed E-state index contributed by atoms with van der Waals surface area (Å²) in [6.45, 7) is 0. The number of fused-ring (bicyclic) bond motifs is 1. The zero-order valence-corrected chi connectivity index (χ0v) is 13.9. The molecule has 2 fully saturated rings. The van der Waals surface area contributed by atoms with E-state index in [4.69, 9.17) is 10.1 Å². The first-order chi connectivity index (χ1) is 11.8. The van der Waals surface area contributed by atoms with Gasteiger partial charge in [-0.05, 0) is 36.8 Å². The molecule has 2 saturated heterocycles. The van der Waals surface area contributed by atoms with Gasteiger partial charge in [-0.25, -0.2) is 0 Å². The molecule has 4 rings (SSSR count). The number of ether oxygens (including phenoxy) is 1. The number of amidine groups is 1. The Labute approximate surface area is 143 Å². The van der Waals surface area contributed by atoms with Crippen LogP contribution in [0.4, 0.5) is 0 Å². The highest BCUT2D eigenvalue weighted by atomic mass is 16.5. The third-order valence-corrected chi connectivity index (χ3v) is 5.37. The highest BCUT2D eigenvalue weighted by Gasteiger charge is 2.41. The van der Waals surface area contributed by atoms with Crippen LogP contribution in [0.5, 0.6) is 0 Å². The van der Waals surface area contributed by atoms with E-state index in [-0.39, 0.29) is 6.10 Å². The summed E-state index contributed by atoms with van der Waals surface area (Å²) in [5.74, 6) is 0. The average molecular weight is 320 g/mol. The van der Waals surface area contributed by atoms with Gasteiger partial charge in [-0.15, -0.1) is 0 Å². The van der Waals surface area contributed by atoms with Gasteiger partial charge in [0, 0.05) is 18.5 Å². The van der Waals surface area contributed by atoms with Crippen molar-refractivity contribution in [1.82, 2.24) is 4.90 Å². The van der Waals surface area contributed by atoms with E-state index in [1.807, 2.05) is 18.2 Å². The second kappa shape index (κ2) is 6.68. The van der Waals surface area contributed by atoms with Crippen molar-refractivity contribution in [3.63, 3.8) is 0 Å². The summed E-state index contributed by atoms with van der Waals surface area (Å²) in [5.41, 5.74) is 2.57. The highest BCUT2D eigenvalue weighted by Crippen LogP contribution is 2.39. The topological polar surface area (TPSA) is 36.3 Å². The summed E-state index contributed by atoms with van der Waals surface area (Å²) in [5, 5.41) is 8.41. The van der Waals surface area contributed by atoms with Gasteiger partial charge in [-0.2, -0.15) is 0 Å². The Hall–Kier alpha value is -2.29. The van der Waals surface area contributed by atoms with Crippen LogP contribution in [0.1, 0.15) is 42.9 Å². The van der Waals surface area contributed by atoms with E-state index in [9.17, 15) is 0 Å². The monoisotopic (exact) mass is 320 g/mol. The summed E-state index contributed by atoms with van der Waals surface area (Å²) in [7, 11) is 0. The smallest absolute Gasteiger partial charge is 0.285 e. The van der Waals surface area contributed by atoms with E-state index in [1.165, 1.54) is 24.0 Å². The van der Waals surface area contributed by atoms with Crippen LogP contribution in [-0.4, -0.2) is 23.0 Å². The van der Waals surface area contributed by atoms with Gasteiger partial charge >= 0.3 is 0 Å². The molecule has 2 aromatic rings. The Bertz CT molecular complexity index is 679. The van der Waals surface area contributed by atoms with Crippen LogP contribution in [-0.2, 0) is 11.2 Å². The van der Waals surface area contributed by atoms with Crippen molar-refractivity contribution < 1.29 is 4.74 Å². The lowest BCUT2D eigenvalue weighted by Gasteiger charge is -2.39. The number of hydrogen-bond donors (Lipinski definition) is 1. The van der Waals surface area contributed by atoms with E-state index < -0.39 is 0 Å². The SMILES string of the molecule is N=C1O[C@H](c2ccccc2)C[C@H]2CC[C@H](CCc3ccccc3)N12.